The van der Waals surface area contributed by atoms with Crippen molar-refractivity contribution in [1.29, 1.82) is 0 Å². The Bertz CT molecular complexity index is 762. The molecule has 1 heterocycles. The maximum Gasteiger partial charge on any atom is 0.411 e. The fourth-order valence-corrected chi connectivity index (χ4v) is 3.25. The van der Waals surface area contributed by atoms with Crippen LogP contribution in [0, 0.1) is 5.92 Å². The van der Waals surface area contributed by atoms with Gasteiger partial charge in [0, 0.05) is 38.1 Å². The van der Waals surface area contributed by atoms with Crippen molar-refractivity contribution in [2.45, 2.75) is 39.2 Å². The number of piperidine rings is 1. The average Bonchev–Trinajstić information content (AvgIpc) is 2.67. The molecular weight excluding hydrogens is 388 g/mol. The predicted molar refractivity (Wildman–Crippen MR) is 115 cm³/mol. The van der Waals surface area contributed by atoms with E-state index in [9.17, 15) is 14.4 Å². The molecule has 1 fully saturated rings. The highest BCUT2D eigenvalue weighted by Gasteiger charge is 2.27. The van der Waals surface area contributed by atoms with Gasteiger partial charge in [0.05, 0.1) is 7.11 Å². The van der Waals surface area contributed by atoms with Crippen LogP contribution >= 0.6 is 0 Å². The minimum Gasteiger partial charge on any atom is -0.453 e. The molecule has 1 unspecified atom stereocenters. The summed E-state index contributed by atoms with van der Waals surface area (Å²) < 4.78 is 9.97. The van der Waals surface area contributed by atoms with Crippen molar-refractivity contribution in [1.82, 2.24) is 9.80 Å². The first-order valence-electron chi connectivity index (χ1n) is 10.0. The minimum atomic E-state index is -0.577. The first-order valence-corrected chi connectivity index (χ1v) is 10.0. The van der Waals surface area contributed by atoms with Crippen LogP contribution < -0.4 is 10.6 Å². The van der Waals surface area contributed by atoms with E-state index in [0.717, 1.165) is 12.8 Å². The van der Waals surface area contributed by atoms with Gasteiger partial charge in [0.15, 0.2) is 0 Å². The molecule has 0 bridgehead atoms. The highest BCUT2D eigenvalue weighted by Crippen LogP contribution is 2.21. The summed E-state index contributed by atoms with van der Waals surface area (Å²) in [6, 6.07) is 6.63. The molecule has 166 valence electrons. The summed E-state index contributed by atoms with van der Waals surface area (Å²) in [5.41, 5.74) is 0.554. The molecule has 0 aliphatic carbocycles. The quantitative estimate of drug-likeness (QED) is 0.767. The van der Waals surface area contributed by atoms with E-state index in [1.54, 1.807) is 41.1 Å². The van der Waals surface area contributed by atoms with Gasteiger partial charge in [-0.05, 0) is 57.7 Å². The predicted octanol–water partition coefficient (Wildman–Crippen LogP) is 3.98. The molecule has 2 rings (SSSR count). The van der Waals surface area contributed by atoms with Crippen LogP contribution in [0.1, 0.15) is 33.6 Å². The van der Waals surface area contributed by atoms with Crippen molar-refractivity contribution in [3.05, 3.63) is 24.3 Å². The molecule has 0 radical (unpaired) electrons. The minimum absolute atomic E-state index is 0.175. The zero-order valence-corrected chi connectivity index (χ0v) is 18.4. The summed E-state index contributed by atoms with van der Waals surface area (Å²) in [6.07, 6.45) is 0.866. The second kappa shape index (κ2) is 10.2. The number of urea groups is 1. The molecule has 4 amide bonds. The van der Waals surface area contributed by atoms with Crippen molar-refractivity contribution in [2.75, 3.05) is 44.4 Å². The van der Waals surface area contributed by atoms with Gasteiger partial charge in [0.25, 0.3) is 0 Å². The third-order valence-electron chi connectivity index (χ3n) is 4.59. The van der Waals surface area contributed by atoms with E-state index >= 15 is 0 Å². The van der Waals surface area contributed by atoms with Gasteiger partial charge in [-0.15, -0.1) is 0 Å². The maximum atomic E-state index is 12.7. The molecule has 0 saturated carbocycles. The summed E-state index contributed by atoms with van der Waals surface area (Å²) in [7, 11) is 3.00. The molecule has 1 saturated heterocycles. The monoisotopic (exact) mass is 420 g/mol. The number of nitrogens with one attached hydrogen (secondary N) is 2. The number of rotatable bonds is 4. The number of amides is 4. The van der Waals surface area contributed by atoms with E-state index in [4.69, 9.17) is 4.74 Å². The number of hydrogen-bond acceptors (Lipinski definition) is 5. The van der Waals surface area contributed by atoms with Gasteiger partial charge in [-0.1, -0.05) is 6.07 Å². The molecule has 1 aromatic carbocycles. The second-order valence-electron chi connectivity index (χ2n) is 8.44. The fraction of sp³-hybridized carbons (Fsp3) is 0.571. The van der Waals surface area contributed by atoms with Crippen molar-refractivity contribution in [3.8, 4) is 0 Å². The molecular formula is C21H32N4O5. The van der Waals surface area contributed by atoms with Gasteiger partial charge in [-0.3, -0.25) is 5.32 Å². The van der Waals surface area contributed by atoms with Gasteiger partial charge in [0.2, 0.25) is 0 Å². The van der Waals surface area contributed by atoms with Crippen LogP contribution in [-0.4, -0.2) is 67.4 Å². The van der Waals surface area contributed by atoms with Crippen LogP contribution in [-0.2, 0) is 9.47 Å². The summed E-state index contributed by atoms with van der Waals surface area (Å²) in [5.74, 6) is 0.175. The van der Waals surface area contributed by atoms with E-state index in [0.29, 0.717) is 31.0 Å². The molecule has 1 aromatic rings. The van der Waals surface area contributed by atoms with Crippen LogP contribution in [0.3, 0.4) is 0 Å². The van der Waals surface area contributed by atoms with Crippen molar-refractivity contribution >= 4 is 29.6 Å². The van der Waals surface area contributed by atoms with Crippen molar-refractivity contribution in [2.24, 2.45) is 5.92 Å². The highest BCUT2D eigenvalue weighted by atomic mass is 16.6. The lowest BCUT2D eigenvalue weighted by atomic mass is 9.98. The Balaban J connectivity index is 1.90. The first kappa shape index (κ1) is 23.3. The van der Waals surface area contributed by atoms with E-state index in [2.05, 4.69) is 15.4 Å². The van der Waals surface area contributed by atoms with Crippen LogP contribution in [0.5, 0.6) is 0 Å². The molecule has 9 nitrogen and oxygen atoms in total. The number of carbonyl (C=O) groups is 3. The topological polar surface area (TPSA) is 100 Å². The van der Waals surface area contributed by atoms with E-state index < -0.39 is 11.7 Å². The standard InChI is InChI=1S/C21H32N4O5/c1-21(2,3)30-20(28)24(4)13-15-8-7-11-25(14-15)18(26)22-16-9-6-10-17(12-16)23-19(27)29-5/h6,9-10,12,15H,7-8,11,13-14H2,1-5H3,(H,22,26)(H,23,27). The third kappa shape index (κ3) is 7.46. The van der Waals surface area contributed by atoms with E-state index in [1.165, 1.54) is 7.11 Å². The number of nitrogens with zero attached hydrogens (tertiary/aromatic N) is 2. The van der Waals surface area contributed by atoms with Crippen molar-refractivity contribution < 1.29 is 23.9 Å². The van der Waals surface area contributed by atoms with Gasteiger partial charge in [-0.25, -0.2) is 14.4 Å². The molecule has 9 heteroatoms. The number of methoxy groups -OCH3 is 1. The van der Waals surface area contributed by atoms with E-state index in [-0.39, 0.29) is 18.0 Å². The number of ether oxygens (including phenoxy) is 2. The SMILES string of the molecule is COC(=O)Nc1cccc(NC(=O)N2CCCC(CN(C)C(=O)OC(C)(C)C)C2)c1. The molecule has 0 aromatic heterocycles. The Morgan fingerprint density at radius 1 is 1.20 bits per heavy atom. The lowest BCUT2D eigenvalue weighted by Gasteiger charge is -2.35. The van der Waals surface area contributed by atoms with Crippen molar-refractivity contribution in [3.63, 3.8) is 0 Å². The first-order chi connectivity index (χ1) is 14.1. The van der Waals surface area contributed by atoms with Crippen LogP contribution in [0.25, 0.3) is 0 Å². The third-order valence-corrected chi connectivity index (χ3v) is 4.59. The number of anilines is 2. The Kier molecular flexibility index (Phi) is 7.91. The zero-order chi connectivity index (χ0) is 22.3. The molecule has 30 heavy (non-hydrogen) atoms. The van der Waals surface area contributed by atoms with Gasteiger partial charge in [-0.2, -0.15) is 0 Å². The summed E-state index contributed by atoms with van der Waals surface area (Å²) >= 11 is 0. The van der Waals surface area contributed by atoms with Crippen LogP contribution in [0.15, 0.2) is 24.3 Å². The Morgan fingerprint density at radius 2 is 1.87 bits per heavy atom. The molecule has 1 aliphatic rings. The average molecular weight is 421 g/mol. The molecule has 1 aliphatic heterocycles. The number of likely N-dealkylation sites (tertiary alicyclic amines) is 1. The normalized spacial score (nSPS) is 16.4. The van der Waals surface area contributed by atoms with Gasteiger partial charge >= 0.3 is 18.2 Å². The maximum absolute atomic E-state index is 12.7. The summed E-state index contributed by atoms with van der Waals surface area (Å²) in [4.78, 5) is 39.6. The number of carbonyl (C=O) groups excluding carboxylic acids is 3. The lowest BCUT2D eigenvalue weighted by molar-refractivity contribution is 0.0253. The Labute approximate surface area is 177 Å². The summed E-state index contributed by atoms with van der Waals surface area (Å²) in [5, 5.41) is 5.43. The fourth-order valence-electron chi connectivity index (χ4n) is 3.25. The van der Waals surface area contributed by atoms with E-state index in [1.807, 2.05) is 20.8 Å². The Morgan fingerprint density at radius 3 is 2.50 bits per heavy atom. The molecule has 2 N–H and O–H groups in total. The second-order valence-corrected chi connectivity index (χ2v) is 8.44. The smallest absolute Gasteiger partial charge is 0.411 e. The van der Waals surface area contributed by atoms with Crippen LogP contribution in [0.2, 0.25) is 0 Å². The Hall–Kier alpha value is -2.97. The lowest BCUT2D eigenvalue weighted by Crippen LogP contribution is -2.46. The molecule has 1 atom stereocenters. The van der Waals surface area contributed by atoms with Crippen LogP contribution in [0.4, 0.5) is 25.8 Å². The zero-order valence-electron chi connectivity index (χ0n) is 18.4. The molecule has 0 spiro atoms. The number of benzene rings is 1. The largest absolute Gasteiger partial charge is 0.453 e. The summed E-state index contributed by atoms with van der Waals surface area (Å²) in [6.45, 7) is 7.23. The van der Waals surface area contributed by atoms with Gasteiger partial charge in [0.1, 0.15) is 5.60 Å². The van der Waals surface area contributed by atoms with Gasteiger partial charge < -0.3 is 24.6 Å². The highest BCUT2D eigenvalue weighted by molar-refractivity contribution is 5.91. The number of hydrogen-bond donors (Lipinski definition) is 2.